The number of hydrogen-bond acceptors (Lipinski definition) is 3. The first kappa shape index (κ1) is 18.1. The van der Waals surface area contributed by atoms with Gasteiger partial charge in [0.25, 0.3) is 0 Å². The fourth-order valence-corrected chi connectivity index (χ4v) is 3.53. The fourth-order valence-electron chi connectivity index (χ4n) is 2.19. The Morgan fingerprint density at radius 2 is 1.90 bits per heavy atom. The molecule has 4 nitrogen and oxygen atoms in total. The maximum Gasteiger partial charge on any atom is 0.218 e. The van der Waals surface area contributed by atoms with Gasteiger partial charge in [0.1, 0.15) is 0 Å². The van der Waals surface area contributed by atoms with Gasteiger partial charge in [0.15, 0.2) is 0 Å². The van der Waals surface area contributed by atoms with Gasteiger partial charge in [-0.1, -0.05) is 45.0 Å². The molecule has 1 rings (SSSR count). The molecule has 120 valence electrons. The van der Waals surface area contributed by atoms with Gasteiger partial charge in [-0.05, 0) is 30.0 Å². The molecular weight excluding hydrogens is 284 g/mol. The van der Waals surface area contributed by atoms with Gasteiger partial charge in [0.2, 0.25) is 10.0 Å². The summed E-state index contributed by atoms with van der Waals surface area (Å²) in [6.45, 7) is 8.47. The first-order chi connectivity index (χ1) is 9.85. The summed E-state index contributed by atoms with van der Waals surface area (Å²) in [7, 11) is -1.58. The van der Waals surface area contributed by atoms with E-state index in [2.05, 4.69) is 12.2 Å². The van der Waals surface area contributed by atoms with Crippen molar-refractivity contribution in [1.82, 2.24) is 9.62 Å². The van der Waals surface area contributed by atoms with Gasteiger partial charge in [-0.15, -0.1) is 0 Å². The van der Waals surface area contributed by atoms with Crippen molar-refractivity contribution in [1.29, 1.82) is 0 Å². The summed E-state index contributed by atoms with van der Waals surface area (Å²) >= 11 is 0. The fraction of sp³-hybridized carbons (Fsp3) is 0.625. The molecular formula is C16H28N2O2S. The van der Waals surface area contributed by atoms with E-state index in [1.807, 2.05) is 38.1 Å². The van der Waals surface area contributed by atoms with Crippen molar-refractivity contribution in [3.05, 3.63) is 35.4 Å². The van der Waals surface area contributed by atoms with Crippen molar-refractivity contribution in [3.63, 3.8) is 0 Å². The van der Waals surface area contributed by atoms with Crippen LogP contribution in [0.25, 0.3) is 0 Å². The molecule has 0 spiro atoms. The molecule has 0 radical (unpaired) electrons. The third-order valence-electron chi connectivity index (χ3n) is 3.19. The first-order valence-corrected chi connectivity index (χ1v) is 9.18. The van der Waals surface area contributed by atoms with Crippen molar-refractivity contribution < 1.29 is 8.42 Å². The molecule has 0 saturated carbocycles. The maximum absolute atomic E-state index is 12.3. The third kappa shape index (κ3) is 6.59. The van der Waals surface area contributed by atoms with Crippen LogP contribution in [0.4, 0.5) is 0 Å². The zero-order valence-corrected chi connectivity index (χ0v) is 14.4. The second kappa shape index (κ2) is 8.51. The van der Waals surface area contributed by atoms with Gasteiger partial charge in [0, 0.05) is 20.1 Å². The van der Waals surface area contributed by atoms with E-state index in [0.717, 1.165) is 30.6 Å². The van der Waals surface area contributed by atoms with Crippen LogP contribution in [0.5, 0.6) is 0 Å². The summed E-state index contributed by atoms with van der Waals surface area (Å²) in [4.78, 5) is 0. The molecule has 0 aliphatic heterocycles. The summed E-state index contributed by atoms with van der Waals surface area (Å²) in [5.74, 6) is 0.395. The van der Waals surface area contributed by atoms with Crippen LogP contribution in [0.1, 0.15) is 38.3 Å². The molecule has 0 unspecified atom stereocenters. The lowest BCUT2D eigenvalue weighted by molar-refractivity contribution is 0.416. The average Bonchev–Trinajstić information content (AvgIpc) is 2.38. The molecule has 0 fully saturated rings. The Morgan fingerprint density at radius 3 is 2.52 bits per heavy atom. The molecule has 0 atom stereocenters. The molecule has 1 aromatic carbocycles. The maximum atomic E-state index is 12.3. The van der Waals surface area contributed by atoms with E-state index in [1.54, 1.807) is 7.05 Å². The Morgan fingerprint density at radius 1 is 1.24 bits per heavy atom. The molecule has 0 amide bonds. The average molecular weight is 312 g/mol. The molecule has 0 aliphatic carbocycles. The predicted octanol–water partition coefficient (Wildman–Crippen LogP) is 2.60. The highest BCUT2D eigenvalue weighted by atomic mass is 32.2. The molecule has 0 aliphatic rings. The third-order valence-corrected chi connectivity index (χ3v) is 4.99. The molecule has 5 heteroatoms. The number of hydrogen-bond donors (Lipinski definition) is 1. The van der Waals surface area contributed by atoms with E-state index in [4.69, 9.17) is 0 Å². The van der Waals surface area contributed by atoms with Crippen LogP contribution in [0.15, 0.2) is 24.3 Å². The first-order valence-electron chi connectivity index (χ1n) is 7.57. The van der Waals surface area contributed by atoms with Crippen molar-refractivity contribution in [2.75, 3.05) is 20.1 Å². The van der Waals surface area contributed by atoms with Crippen LogP contribution >= 0.6 is 0 Å². The normalized spacial score (nSPS) is 12.3. The minimum absolute atomic E-state index is 0.0673. The van der Waals surface area contributed by atoms with E-state index in [0.29, 0.717) is 12.5 Å². The highest BCUT2D eigenvalue weighted by molar-refractivity contribution is 7.88. The number of nitrogens with zero attached hydrogens (tertiary/aromatic N) is 1. The lowest BCUT2D eigenvalue weighted by atomic mass is 10.1. The van der Waals surface area contributed by atoms with E-state index in [1.165, 1.54) is 4.31 Å². The largest absolute Gasteiger partial charge is 0.313 e. The summed E-state index contributed by atoms with van der Waals surface area (Å²) < 4.78 is 26.1. The minimum atomic E-state index is -3.24. The van der Waals surface area contributed by atoms with Gasteiger partial charge < -0.3 is 5.32 Å². The molecule has 0 aromatic heterocycles. The number of benzene rings is 1. The monoisotopic (exact) mass is 312 g/mol. The number of sulfonamides is 1. The van der Waals surface area contributed by atoms with Gasteiger partial charge in [-0.2, -0.15) is 0 Å². The van der Waals surface area contributed by atoms with Crippen molar-refractivity contribution in [3.8, 4) is 0 Å². The van der Waals surface area contributed by atoms with Crippen LogP contribution in [-0.2, 0) is 22.3 Å². The standard InChI is InChI=1S/C16H28N2O2S/c1-5-9-17-11-15-7-6-8-16(10-15)13-21(19,20)18(4)12-14(2)3/h6-8,10,14,17H,5,9,11-13H2,1-4H3. The van der Waals surface area contributed by atoms with Crippen molar-refractivity contribution >= 4 is 10.0 Å². The van der Waals surface area contributed by atoms with Crippen LogP contribution in [0.3, 0.4) is 0 Å². The van der Waals surface area contributed by atoms with Crippen LogP contribution in [0, 0.1) is 5.92 Å². The SMILES string of the molecule is CCCNCc1cccc(CS(=O)(=O)N(C)CC(C)C)c1. The smallest absolute Gasteiger partial charge is 0.218 e. The summed E-state index contributed by atoms with van der Waals surface area (Å²) in [6, 6.07) is 7.81. The second-order valence-corrected chi connectivity index (χ2v) is 8.00. The van der Waals surface area contributed by atoms with Crippen LogP contribution < -0.4 is 5.32 Å². The van der Waals surface area contributed by atoms with Crippen molar-refractivity contribution in [2.45, 2.75) is 39.5 Å². The Hall–Kier alpha value is -0.910. The van der Waals surface area contributed by atoms with Crippen molar-refractivity contribution in [2.24, 2.45) is 5.92 Å². The molecule has 21 heavy (non-hydrogen) atoms. The van der Waals surface area contributed by atoms with Crippen LogP contribution in [-0.4, -0.2) is 32.9 Å². The highest BCUT2D eigenvalue weighted by Crippen LogP contribution is 2.13. The molecule has 0 saturated heterocycles. The van der Waals surface area contributed by atoms with E-state index < -0.39 is 10.0 Å². The lowest BCUT2D eigenvalue weighted by Gasteiger charge is -2.19. The number of rotatable bonds is 9. The molecule has 1 aromatic rings. The van der Waals surface area contributed by atoms with Gasteiger partial charge in [-0.25, -0.2) is 12.7 Å². The predicted molar refractivity (Wildman–Crippen MR) is 88.5 cm³/mol. The molecule has 1 N–H and O–H groups in total. The zero-order chi connectivity index (χ0) is 15.9. The Bertz CT molecular complexity index is 527. The van der Waals surface area contributed by atoms with Gasteiger partial charge in [-0.3, -0.25) is 0 Å². The van der Waals surface area contributed by atoms with Gasteiger partial charge in [0.05, 0.1) is 5.75 Å². The molecule has 0 bridgehead atoms. The Kier molecular flexibility index (Phi) is 7.35. The zero-order valence-electron chi connectivity index (χ0n) is 13.6. The lowest BCUT2D eigenvalue weighted by Crippen LogP contribution is -2.31. The Balaban J connectivity index is 2.71. The quantitative estimate of drug-likeness (QED) is 0.713. The summed E-state index contributed by atoms with van der Waals surface area (Å²) in [6.07, 6.45) is 1.09. The van der Waals surface area contributed by atoms with Gasteiger partial charge >= 0.3 is 0 Å². The Labute approximate surface area is 129 Å². The van der Waals surface area contributed by atoms with E-state index >= 15 is 0 Å². The van der Waals surface area contributed by atoms with E-state index in [9.17, 15) is 8.42 Å². The van der Waals surface area contributed by atoms with E-state index in [-0.39, 0.29) is 5.75 Å². The highest BCUT2D eigenvalue weighted by Gasteiger charge is 2.19. The molecule has 0 heterocycles. The van der Waals surface area contributed by atoms with Crippen LogP contribution in [0.2, 0.25) is 0 Å². The minimum Gasteiger partial charge on any atom is -0.313 e. The second-order valence-electron chi connectivity index (χ2n) is 5.93. The number of nitrogens with one attached hydrogen (secondary N) is 1. The summed E-state index contributed by atoms with van der Waals surface area (Å²) in [5, 5.41) is 3.33. The topological polar surface area (TPSA) is 49.4 Å². The summed E-state index contributed by atoms with van der Waals surface area (Å²) in [5.41, 5.74) is 1.98.